The Morgan fingerprint density at radius 1 is 1.42 bits per heavy atom. The van der Waals surface area contributed by atoms with E-state index in [9.17, 15) is 0 Å². The minimum Gasteiger partial charge on any atom is -0.378 e. The van der Waals surface area contributed by atoms with Crippen molar-refractivity contribution in [2.24, 2.45) is 5.92 Å². The highest BCUT2D eigenvalue weighted by Gasteiger charge is 2.38. The van der Waals surface area contributed by atoms with Gasteiger partial charge in [0.1, 0.15) is 16.1 Å². The van der Waals surface area contributed by atoms with Gasteiger partial charge in [-0.1, -0.05) is 19.1 Å². The SMILES string of the molecule is COCc1cc(=S)nc(C2(OC)CCC(C)CC2)[nH]1. The Labute approximate surface area is 119 Å². The Morgan fingerprint density at radius 2 is 2.11 bits per heavy atom. The third-order valence-electron chi connectivity index (χ3n) is 4.00. The molecule has 1 aromatic rings. The first-order chi connectivity index (χ1) is 9.09. The van der Waals surface area contributed by atoms with E-state index in [-0.39, 0.29) is 5.60 Å². The lowest BCUT2D eigenvalue weighted by atomic mass is 9.79. The van der Waals surface area contributed by atoms with Crippen LogP contribution in [0.1, 0.15) is 44.1 Å². The standard InChI is InChI=1S/C14H22N2O2S/c1-10-4-6-14(18-3,7-5-10)13-15-11(9-17-2)8-12(19)16-13/h8,10H,4-7,9H2,1-3H3,(H,15,16,19). The van der Waals surface area contributed by atoms with Gasteiger partial charge in [-0.05, 0) is 37.7 Å². The summed E-state index contributed by atoms with van der Waals surface area (Å²) in [4.78, 5) is 7.82. The summed E-state index contributed by atoms with van der Waals surface area (Å²) in [6.45, 7) is 2.80. The van der Waals surface area contributed by atoms with Gasteiger partial charge < -0.3 is 14.5 Å². The second-order valence-electron chi connectivity index (χ2n) is 5.41. The van der Waals surface area contributed by atoms with Gasteiger partial charge in [-0.2, -0.15) is 0 Å². The average Bonchev–Trinajstić information content (AvgIpc) is 2.40. The van der Waals surface area contributed by atoms with Gasteiger partial charge in [-0.15, -0.1) is 0 Å². The molecule has 1 fully saturated rings. The van der Waals surface area contributed by atoms with Gasteiger partial charge >= 0.3 is 0 Å². The Morgan fingerprint density at radius 3 is 2.68 bits per heavy atom. The fourth-order valence-electron chi connectivity index (χ4n) is 2.72. The average molecular weight is 282 g/mol. The fraction of sp³-hybridized carbons (Fsp3) is 0.714. The van der Waals surface area contributed by atoms with Crippen LogP contribution in [0, 0.1) is 10.6 Å². The molecule has 1 N–H and O–H groups in total. The Hall–Kier alpha value is -0.780. The normalized spacial score (nSPS) is 27.4. The van der Waals surface area contributed by atoms with E-state index in [2.05, 4.69) is 16.9 Å². The van der Waals surface area contributed by atoms with Crippen molar-refractivity contribution in [3.05, 3.63) is 22.2 Å². The van der Waals surface area contributed by atoms with E-state index in [0.717, 1.165) is 43.1 Å². The number of aromatic amines is 1. The predicted octanol–water partition coefficient (Wildman–Crippen LogP) is 3.34. The smallest absolute Gasteiger partial charge is 0.140 e. The van der Waals surface area contributed by atoms with Crippen LogP contribution in [0.2, 0.25) is 0 Å². The molecule has 0 amide bonds. The van der Waals surface area contributed by atoms with E-state index in [4.69, 9.17) is 21.7 Å². The topological polar surface area (TPSA) is 47.1 Å². The second kappa shape index (κ2) is 6.11. The van der Waals surface area contributed by atoms with Crippen molar-refractivity contribution in [2.75, 3.05) is 14.2 Å². The Kier molecular flexibility index (Phi) is 4.71. The number of methoxy groups -OCH3 is 2. The second-order valence-corrected chi connectivity index (χ2v) is 5.83. The molecule has 1 heterocycles. The summed E-state index contributed by atoms with van der Waals surface area (Å²) in [5.74, 6) is 1.61. The number of aromatic nitrogens is 2. The van der Waals surface area contributed by atoms with Crippen LogP contribution in [0.4, 0.5) is 0 Å². The lowest BCUT2D eigenvalue weighted by molar-refractivity contribution is -0.0601. The van der Waals surface area contributed by atoms with E-state index >= 15 is 0 Å². The zero-order valence-electron chi connectivity index (χ0n) is 11.9. The van der Waals surface area contributed by atoms with Crippen LogP contribution < -0.4 is 0 Å². The molecule has 1 aliphatic rings. The molecular formula is C14H22N2O2S. The van der Waals surface area contributed by atoms with Crippen molar-refractivity contribution in [1.29, 1.82) is 0 Å². The molecule has 106 valence electrons. The molecule has 5 heteroatoms. The van der Waals surface area contributed by atoms with Crippen molar-refractivity contribution < 1.29 is 9.47 Å². The molecule has 2 rings (SSSR count). The molecule has 0 atom stereocenters. The number of ether oxygens (including phenoxy) is 2. The molecule has 1 aliphatic carbocycles. The summed E-state index contributed by atoms with van der Waals surface area (Å²) >= 11 is 5.25. The van der Waals surface area contributed by atoms with Crippen molar-refractivity contribution in [3.8, 4) is 0 Å². The maximum Gasteiger partial charge on any atom is 0.140 e. The van der Waals surface area contributed by atoms with Gasteiger partial charge in [0.05, 0.1) is 6.61 Å². The third-order valence-corrected chi connectivity index (χ3v) is 4.21. The number of rotatable bonds is 4. The summed E-state index contributed by atoms with van der Waals surface area (Å²) in [5.41, 5.74) is 0.636. The van der Waals surface area contributed by atoms with Crippen molar-refractivity contribution in [3.63, 3.8) is 0 Å². The van der Waals surface area contributed by atoms with Gasteiger partial charge in [0.15, 0.2) is 0 Å². The van der Waals surface area contributed by atoms with Gasteiger partial charge in [0.2, 0.25) is 0 Å². The number of H-pyrrole nitrogens is 1. The summed E-state index contributed by atoms with van der Waals surface area (Å²) < 4.78 is 11.6. The summed E-state index contributed by atoms with van der Waals surface area (Å²) in [7, 11) is 3.43. The summed E-state index contributed by atoms with van der Waals surface area (Å²) in [5, 5.41) is 0. The number of nitrogens with one attached hydrogen (secondary N) is 1. The molecule has 4 nitrogen and oxygen atoms in total. The highest BCUT2D eigenvalue weighted by Crippen LogP contribution is 2.40. The molecule has 0 aliphatic heterocycles. The molecule has 0 aromatic carbocycles. The van der Waals surface area contributed by atoms with Crippen LogP contribution in [0.5, 0.6) is 0 Å². The number of nitrogens with zero attached hydrogens (tertiary/aromatic N) is 1. The lowest BCUT2D eigenvalue weighted by Gasteiger charge is -2.37. The van der Waals surface area contributed by atoms with E-state index in [1.165, 1.54) is 0 Å². The van der Waals surface area contributed by atoms with E-state index in [1.807, 2.05) is 6.07 Å². The zero-order valence-corrected chi connectivity index (χ0v) is 12.7. The monoisotopic (exact) mass is 282 g/mol. The van der Waals surface area contributed by atoms with Gasteiger partial charge in [0.25, 0.3) is 0 Å². The lowest BCUT2D eigenvalue weighted by Crippen LogP contribution is -2.35. The minimum absolute atomic E-state index is 0.316. The number of hydrogen-bond acceptors (Lipinski definition) is 4. The van der Waals surface area contributed by atoms with Crippen LogP contribution in [0.3, 0.4) is 0 Å². The Bertz CT molecular complexity index is 479. The van der Waals surface area contributed by atoms with Crippen molar-refractivity contribution in [1.82, 2.24) is 9.97 Å². The van der Waals surface area contributed by atoms with E-state index in [0.29, 0.717) is 11.2 Å². The summed E-state index contributed by atoms with van der Waals surface area (Å²) in [6, 6.07) is 1.84. The number of hydrogen-bond donors (Lipinski definition) is 1. The largest absolute Gasteiger partial charge is 0.378 e. The fourth-order valence-corrected chi connectivity index (χ4v) is 2.96. The van der Waals surface area contributed by atoms with Crippen LogP contribution in [-0.2, 0) is 21.7 Å². The first-order valence-corrected chi connectivity index (χ1v) is 7.15. The predicted molar refractivity (Wildman–Crippen MR) is 76.5 cm³/mol. The molecule has 0 saturated heterocycles. The molecule has 0 bridgehead atoms. The zero-order chi connectivity index (χ0) is 13.9. The van der Waals surface area contributed by atoms with Crippen molar-refractivity contribution in [2.45, 2.75) is 44.8 Å². The molecule has 0 spiro atoms. The molecule has 1 aromatic heterocycles. The quantitative estimate of drug-likeness (QED) is 0.860. The van der Waals surface area contributed by atoms with Crippen LogP contribution in [-0.4, -0.2) is 24.2 Å². The van der Waals surface area contributed by atoms with Crippen LogP contribution in [0.15, 0.2) is 6.07 Å². The first kappa shape index (κ1) is 14.6. The highest BCUT2D eigenvalue weighted by molar-refractivity contribution is 7.71. The third kappa shape index (κ3) is 3.22. The molecular weight excluding hydrogens is 260 g/mol. The maximum atomic E-state index is 5.82. The molecule has 19 heavy (non-hydrogen) atoms. The van der Waals surface area contributed by atoms with Crippen LogP contribution >= 0.6 is 12.2 Å². The van der Waals surface area contributed by atoms with Gasteiger partial charge in [0, 0.05) is 19.9 Å². The van der Waals surface area contributed by atoms with E-state index in [1.54, 1.807) is 14.2 Å². The molecule has 0 radical (unpaired) electrons. The first-order valence-electron chi connectivity index (χ1n) is 6.74. The van der Waals surface area contributed by atoms with Crippen LogP contribution in [0.25, 0.3) is 0 Å². The molecule has 0 unspecified atom stereocenters. The summed E-state index contributed by atoms with van der Waals surface area (Å²) in [6.07, 6.45) is 4.29. The van der Waals surface area contributed by atoms with Gasteiger partial charge in [-0.25, -0.2) is 4.98 Å². The van der Waals surface area contributed by atoms with Crippen molar-refractivity contribution >= 4 is 12.2 Å². The van der Waals surface area contributed by atoms with E-state index < -0.39 is 0 Å². The van der Waals surface area contributed by atoms with Gasteiger partial charge in [-0.3, -0.25) is 0 Å². The minimum atomic E-state index is -0.316. The highest BCUT2D eigenvalue weighted by atomic mass is 32.1. The maximum absolute atomic E-state index is 5.82. The Balaban J connectivity index is 2.35. The molecule has 1 saturated carbocycles.